The molecule has 1 aliphatic heterocycles. The van der Waals surface area contributed by atoms with E-state index in [-0.39, 0.29) is 63.8 Å². The minimum atomic E-state index is -2.60. The van der Waals surface area contributed by atoms with Gasteiger partial charge in [0.2, 0.25) is 65.0 Å². The molecule has 0 spiro atoms. The molecule has 35 nitrogen and oxygen atoms in total. The highest BCUT2D eigenvalue weighted by Gasteiger charge is 2.44. The molecule has 12 amide bonds. The monoisotopic (exact) mass is 1400 g/mol. The van der Waals surface area contributed by atoms with Gasteiger partial charge < -0.3 is 111 Å². The predicted molar refractivity (Wildman–Crippen MR) is 355 cm³/mol. The maximum atomic E-state index is 15.5. The molecule has 3 rings (SSSR count). The van der Waals surface area contributed by atoms with E-state index in [2.05, 4.69) is 53.2 Å². The van der Waals surface area contributed by atoms with E-state index >= 15 is 4.79 Å². The number of rotatable bonds is 26. The second kappa shape index (κ2) is 41.6. The number of hydrogen-bond acceptors (Lipinski definition) is 21. The molecular formula is C64H100N16O19. The number of amides is 12. The fraction of sp³-hybridized carbons (Fsp3) is 0.594. The molecule has 0 aliphatic carbocycles. The van der Waals surface area contributed by atoms with Gasteiger partial charge in [-0.25, -0.2) is 9.59 Å². The SMILES string of the molecule is CC[C@H](C)C1NC(=O)[C@@H](CCCNC(=N)N)NC(=O)[C@H](CC(C)C)NC(=O)[C@H]([C@H](O)C(C)C)NC(=O)[C@@H](NC(=O)[C@H](CC(C)C)NC(=O)[C@@H](N)CCNC(=O)OCc2ccccc2)[C@@H](c2ccccc2)OC(=O)[C@H](CO)NC(=O)[C@H]([C@H](O)C(N)=O)NC(=O)CNC(=O)C([C@H](C)O)NC1=O. The predicted octanol–water partition coefficient (Wildman–Crippen LogP) is -4.95. The summed E-state index contributed by atoms with van der Waals surface area (Å²) in [5, 5.41) is 80.8. The fourth-order valence-electron chi connectivity index (χ4n) is 9.90. The van der Waals surface area contributed by atoms with E-state index in [4.69, 9.17) is 32.1 Å². The molecule has 0 radical (unpaired) electrons. The molecular weight excluding hydrogens is 1300 g/mol. The molecule has 23 N–H and O–H groups in total. The molecule has 1 fully saturated rings. The van der Waals surface area contributed by atoms with E-state index in [1.165, 1.54) is 44.2 Å². The second-order valence-corrected chi connectivity index (χ2v) is 25.2. The van der Waals surface area contributed by atoms with Crippen molar-refractivity contribution in [3.05, 3.63) is 71.8 Å². The Morgan fingerprint density at radius 1 is 0.657 bits per heavy atom. The van der Waals surface area contributed by atoms with Crippen LogP contribution in [0.15, 0.2) is 60.7 Å². The van der Waals surface area contributed by atoms with Crippen LogP contribution in [0.5, 0.6) is 0 Å². The number of primary amides is 1. The highest BCUT2D eigenvalue weighted by atomic mass is 16.6. The molecule has 0 bridgehead atoms. The first-order valence-electron chi connectivity index (χ1n) is 32.6. The Balaban J connectivity index is 2.34. The topological polar surface area (TPSA) is 568 Å². The molecule has 1 aliphatic rings. The van der Waals surface area contributed by atoms with Crippen LogP contribution in [-0.4, -0.2) is 208 Å². The minimum Gasteiger partial charge on any atom is -0.453 e. The molecule has 0 saturated carbocycles. The molecule has 2 aromatic carbocycles. The number of aliphatic hydroxyl groups is 4. The Hall–Kier alpha value is -9.58. The maximum absolute atomic E-state index is 15.5. The van der Waals surface area contributed by atoms with Crippen molar-refractivity contribution >= 4 is 83.0 Å². The van der Waals surface area contributed by atoms with E-state index in [0.717, 1.165) is 6.92 Å². The zero-order valence-corrected chi connectivity index (χ0v) is 57.1. The first-order chi connectivity index (χ1) is 46.6. The van der Waals surface area contributed by atoms with Crippen LogP contribution in [0.4, 0.5) is 4.79 Å². The van der Waals surface area contributed by atoms with Crippen LogP contribution in [0, 0.1) is 29.1 Å². The summed E-state index contributed by atoms with van der Waals surface area (Å²) in [5.74, 6) is -18.0. The summed E-state index contributed by atoms with van der Waals surface area (Å²) < 4.78 is 11.2. The van der Waals surface area contributed by atoms with Gasteiger partial charge in [0.05, 0.1) is 31.4 Å². The van der Waals surface area contributed by atoms with Gasteiger partial charge in [0.1, 0.15) is 54.9 Å². The minimum absolute atomic E-state index is 0.00238. The van der Waals surface area contributed by atoms with Gasteiger partial charge >= 0.3 is 12.1 Å². The fourth-order valence-corrected chi connectivity index (χ4v) is 9.90. The number of hydrogen-bond donors (Lipinski definition) is 20. The quantitative estimate of drug-likeness (QED) is 0.0182. The van der Waals surface area contributed by atoms with Crippen molar-refractivity contribution in [2.24, 2.45) is 40.9 Å². The first kappa shape index (κ1) is 83.6. The number of benzene rings is 2. The van der Waals surface area contributed by atoms with Gasteiger partial charge in [0.25, 0.3) is 0 Å². The molecule has 2 aromatic rings. The van der Waals surface area contributed by atoms with Crippen LogP contribution in [0.25, 0.3) is 0 Å². The number of esters is 1. The van der Waals surface area contributed by atoms with Crippen molar-refractivity contribution in [1.29, 1.82) is 5.41 Å². The Labute approximate surface area is 573 Å². The number of carbonyl (C=O) groups is 13. The van der Waals surface area contributed by atoms with Gasteiger partial charge in [-0.15, -0.1) is 0 Å². The second-order valence-electron chi connectivity index (χ2n) is 25.2. The summed E-state index contributed by atoms with van der Waals surface area (Å²) in [7, 11) is 0. The van der Waals surface area contributed by atoms with E-state index in [1.807, 2.05) is 10.6 Å². The van der Waals surface area contributed by atoms with Crippen molar-refractivity contribution in [3.63, 3.8) is 0 Å². The molecule has 15 atom stereocenters. The van der Waals surface area contributed by atoms with Crippen LogP contribution >= 0.6 is 0 Å². The Kier molecular flexibility index (Phi) is 35.2. The molecule has 99 heavy (non-hydrogen) atoms. The van der Waals surface area contributed by atoms with E-state index < -0.39 is 205 Å². The van der Waals surface area contributed by atoms with E-state index in [9.17, 15) is 78.0 Å². The third-order valence-corrected chi connectivity index (χ3v) is 15.7. The standard InChI is InChI=1S/C64H100N16O19/c1-10-34(8)44-58(92)78-45(35(9)82)57(91)71-28-43(83)76-47(50(85)52(66)86)60(94)75-42(29-81)62(96)99-51(37-20-15-12-16-21-37)48(80-56(90)41(27-32(4)5)73-53(87)38(65)23-25-70-64(97)98-30-36-18-13-11-14-19-36)61(95)79-46(49(84)33(6)7)59(93)74-40(26-31(2)3)55(89)72-39(54(88)77-44)22-17-24-69-63(67)68/h11-16,18-21,31-35,38-42,44-51,81-82,84-85H,10,17,22-30,65H2,1-9H3,(H2,66,86)(H,70,97)(H,71,91)(H,72,89)(H,73,87)(H,74,93)(H,75,94)(H,76,83)(H,77,88)(H,78,92)(H,79,95)(H,80,90)(H4,67,68,69)/t34-,35-,38-,39+,40-,41-,42-,44?,45?,46-,47-,48-,49+,50-,51+/m0/s1. The number of aliphatic hydroxyl groups excluding tert-OH is 4. The number of alkyl carbamates (subject to hydrolysis) is 1. The third-order valence-electron chi connectivity index (χ3n) is 15.7. The van der Waals surface area contributed by atoms with Crippen molar-refractivity contribution in [3.8, 4) is 0 Å². The van der Waals surface area contributed by atoms with Gasteiger partial charge in [0, 0.05) is 13.1 Å². The lowest BCUT2D eigenvalue weighted by atomic mass is 9.95. The number of ether oxygens (including phenoxy) is 2. The maximum Gasteiger partial charge on any atom is 0.407 e. The number of cyclic esters (lactones) is 1. The van der Waals surface area contributed by atoms with Gasteiger partial charge in [-0.3, -0.25) is 58.1 Å². The Morgan fingerprint density at radius 3 is 1.79 bits per heavy atom. The van der Waals surface area contributed by atoms with Crippen LogP contribution in [0.3, 0.4) is 0 Å². The Bertz CT molecular complexity index is 3070. The molecule has 0 aromatic heterocycles. The largest absolute Gasteiger partial charge is 0.453 e. The summed E-state index contributed by atoms with van der Waals surface area (Å²) in [4.78, 5) is 184. The average molecular weight is 1400 g/mol. The number of carbonyl (C=O) groups excluding carboxylic acids is 13. The zero-order valence-electron chi connectivity index (χ0n) is 57.1. The summed E-state index contributed by atoms with van der Waals surface area (Å²) >= 11 is 0. The van der Waals surface area contributed by atoms with Crippen LogP contribution in [-0.2, 0) is 73.6 Å². The number of nitrogens with two attached hydrogens (primary N) is 3. The third kappa shape index (κ3) is 28.1. The number of nitrogens with one attached hydrogen (secondary N) is 13. The lowest BCUT2D eigenvalue weighted by Gasteiger charge is -2.33. The molecule has 2 unspecified atom stereocenters. The molecule has 550 valence electrons. The molecule has 1 saturated heterocycles. The van der Waals surface area contributed by atoms with Gasteiger partial charge in [0.15, 0.2) is 24.2 Å². The van der Waals surface area contributed by atoms with Crippen molar-refractivity contribution in [1.82, 2.24) is 63.8 Å². The lowest BCUT2D eigenvalue weighted by molar-refractivity contribution is -0.159. The smallest absolute Gasteiger partial charge is 0.407 e. The van der Waals surface area contributed by atoms with Gasteiger partial charge in [-0.2, -0.15) is 0 Å². The van der Waals surface area contributed by atoms with Crippen molar-refractivity contribution < 1.29 is 92.2 Å². The molecule has 35 heteroatoms. The zero-order chi connectivity index (χ0) is 74.4. The van der Waals surface area contributed by atoms with Crippen molar-refractivity contribution in [2.75, 3.05) is 26.2 Å². The van der Waals surface area contributed by atoms with E-state index in [0.29, 0.717) is 5.56 Å². The van der Waals surface area contributed by atoms with Gasteiger partial charge in [-0.1, -0.05) is 122 Å². The van der Waals surface area contributed by atoms with Crippen LogP contribution in [0.2, 0.25) is 0 Å². The summed E-state index contributed by atoms with van der Waals surface area (Å²) in [5.41, 5.74) is 17.7. The normalized spacial score (nSPS) is 23.3. The number of guanidine groups is 1. The summed E-state index contributed by atoms with van der Waals surface area (Å²) in [6.07, 6.45) is -9.56. The van der Waals surface area contributed by atoms with Crippen molar-refractivity contribution in [2.45, 2.75) is 192 Å². The van der Waals surface area contributed by atoms with Crippen LogP contribution < -0.4 is 81.0 Å². The van der Waals surface area contributed by atoms with Gasteiger partial charge in [-0.05, 0) is 73.8 Å². The average Bonchev–Trinajstić information content (AvgIpc) is 0.816. The summed E-state index contributed by atoms with van der Waals surface area (Å²) in [6, 6.07) is -2.80. The van der Waals surface area contributed by atoms with Crippen LogP contribution in [0.1, 0.15) is 118 Å². The highest BCUT2D eigenvalue weighted by Crippen LogP contribution is 2.25. The first-order valence-corrected chi connectivity index (χ1v) is 32.6. The Morgan fingerprint density at radius 2 is 1.22 bits per heavy atom. The summed E-state index contributed by atoms with van der Waals surface area (Å²) in [6.45, 7) is 11.3. The molecule has 1 heterocycles. The van der Waals surface area contributed by atoms with E-state index in [1.54, 1.807) is 71.9 Å². The highest BCUT2D eigenvalue weighted by molar-refractivity contribution is 6.00. The lowest BCUT2D eigenvalue weighted by Crippen LogP contribution is -2.64.